The second-order valence-corrected chi connectivity index (χ2v) is 14.6. The molecule has 0 fully saturated rings. The lowest BCUT2D eigenvalue weighted by atomic mass is 9.82. The summed E-state index contributed by atoms with van der Waals surface area (Å²) in [4.78, 5) is 10.4. The molecule has 10 aromatic rings. The molecule has 53 heavy (non-hydrogen) atoms. The molecule has 7 aromatic carbocycles. The van der Waals surface area contributed by atoms with Crippen LogP contribution in [0.25, 0.3) is 94.5 Å². The number of aromatic nitrogens is 3. The summed E-state index contributed by atoms with van der Waals surface area (Å²) < 4.78 is 8.97. The molecule has 1 aliphatic carbocycles. The normalized spacial score (nSPS) is 13.2. The van der Waals surface area contributed by atoms with Crippen molar-refractivity contribution in [1.29, 1.82) is 0 Å². The van der Waals surface area contributed by atoms with Gasteiger partial charge < -0.3 is 8.98 Å². The fourth-order valence-electron chi connectivity index (χ4n) is 8.75. The highest BCUT2D eigenvalue weighted by atomic mass is 16.3. The van der Waals surface area contributed by atoms with Crippen molar-refractivity contribution in [2.75, 3.05) is 0 Å². The third-order valence-corrected chi connectivity index (χ3v) is 11.2. The molecule has 4 heteroatoms. The summed E-state index contributed by atoms with van der Waals surface area (Å²) in [6.07, 6.45) is 0. The first-order chi connectivity index (χ1) is 26.0. The summed E-state index contributed by atoms with van der Waals surface area (Å²) in [7, 11) is 0. The Morgan fingerprint density at radius 1 is 0.491 bits per heavy atom. The number of hydrogen-bond donors (Lipinski definition) is 0. The van der Waals surface area contributed by atoms with Crippen LogP contribution in [0.2, 0.25) is 0 Å². The molecule has 3 aromatic heterocycles. The maximum Gasteiger partial charge on any atom is 0.161 e. The minimum absolute atomic E-state index is 0.0748. The zero-order valence-corrected chi connectivity index (χ0v) is 29.3. The highest BCUT2D eigenvalue weighted by molar-refractivity contribution is 6.18. The molecule has 0 saturated carbocycles. The van der Waals surface area contributed by atoms with Crippen LogP contribution < -0.4 is 0 Å². The number of hydrogen-bond acceptors (Lipinski definition) is 3. The predicted molar refractivity (Wildman–Crippen MR) is 218 cm³/mol. The first-order valence-corrected chi connectivity index (χ1v) is 18.2. The summed E-state index contributed by atoms with van der Waals surface area (Å²) >= 11 is 0. The largest absolute Gasteiger partial charge is 0.456 e. The topological polar surface area (TPSA) is 43.9 Å². The highest BCUT2D eigenvalue weighted by Gasteiger charge is 2.37. The Morgan fingerprint density at radius 3 is 1.94 bits per heavy atom. The van der Waals surface area contributed by atoms with E-state index in [1.165, 1.54) is 44.1 Å². The first kappa shape index (κ1) is 29.9. The number of para-hydroxylation sites is 1. The molecule has 0 N–H and O–H groups in total. The number of furan rings is 1. The van der Waals surface area contributed by atoms with Gasteiger partial charge in [-0.3, -0.25) is 0 Å². The zero-order chi connectivity index (χ0) is 35.3. The van der Waals surface area contributed by atoms with Gasteiger partial charge in [-0.05, 0) is 64.7 Å². The monoisotopic (exact) mass is 679 g/mol. The maximum atomic E-state index is 6.55. The van der Waals surface area contributed by atoms with Gasteiger partial charge >= 0.3 is 0 Å². The zero-order valence-electron chi connectivity index (χ0n) is 29.3. The van der Waals surface area contributed by atoms with Crippen LogP contribution in [-0.4, -0.2) is 14.5 Å². The molecule has 0 aliphatic heterocycles. The average Bonchev–Trinajstić information content (AvgIpc) is 3.83. The van der Waals surface area contributed by atoms with Gasteiger partial charge in [0.1, 0.15) is 11.2 Å². The van der Waals surface area contributed by atoms with Crippen LogP contribution in [0.15, 0.2) is 168 Å². The smallest absolute Gasteiger partial charge is 0.161 e. The van der Waals surface area contributed by atoms with E-state index in [1.807, 2.05) is 48.5 Å². The molecule has 1 aliphatic rings. The molecule has 11 rings (SSSR count). The minimum atomic E-state index is -0.0748. The lowest BCUT2D eigenvalue weighted by Gasteiger charge is -2.21. The maximum absolute atomic E-state index is 6.55. The second kappa shape index (κ2) is 11.1. The number of nitrogens with zero attached hydrogens (tertiary/aromatic N) is 3. The van der Waals surface area contributed by atoms with Crippen molar-refractivity contribution in [3.05, 3.63) is 175 Å². The molecule has 3 heterocycles. The Kier molecular flexibility index (Phi) is 6.27. The molecule has 0 atom stereocenters. The van der Waals surface area contributed by atoms with Crippen LogP contribution in [0, 0.1) is 0 Å². The van der Waals surface area contributed by atoms with E-state index in [-0.39, 0.29) is 5.41 Å². The van der Waals surface area contributed by atoms with Crippen molar-refractivity contribution in [2.24, 2.45) is 0 Å². The lowest BCUT2D eigenvalue weighted by molar-refractivity contribution is 0.661. The summed E-state index contributed by atoms with van der Waals surface area (Å²) in [6, 6.07) is 57.9. The fourth-order valence-corrected chi connectivity index (χ4v) is 8.75. The molecular weight excluding hydrogens is 647 g/mol. The van der Waals surface area contributed by atoms with Gasteiger partial charge in [-0.2, -0.15) is 0 Å². The van der Waals surface area contributed by atoms with E-state index in [1.54, 1.807) is 0 Å². The van der Waals surface area contributed by atoms with Crippen molar-refractivity contribution in [2.45, 2.75) is 19.3 Å². The summed E-state index contributed by atoms with van der Waals surface area (Å²) in [6.45, 7) is 4.69. The van der Waals surface area contributed by atoms with Crippen molar-refractivity contribution in [1.82, 2.24) is 14.5 Å². The van der Waals surface area contributed by atoms with Gasteiger partial charge in [-0.25, -0.2) is 9.97 Å². The average molecular weight is 680 g/mol. The van der Waals surface area contributed by atoms with Gasteiger partial charge in [0.15, 0.2) is 5.82 Å². The van der Waals surface area contributed by atoms with E-state index in [2.05, 4.69) is 134 Å². The predicted octanol–water partition coefficient (Wildman–Crippen LogP) is 12.8. The molecule has 0 bridgehead atoms. The third-order valence-electron chi connectivity index (χ3n) is 11.2. The van der Waals surface area contributed by atoms with Crippen LogP contribution in [0.5, 0.6) is 0 Å². The Balaban J connectivity index is 1.16. The molecule has 0 unspecified atom stereocenters. The number of rotatable bonds is 4. The molecule has 0 spiro atoms. The Bertz CT molecular complexity index is 3020. The van der Waals surface area contributed by atoms with Crippen LogP contribution >= 0.6 is 0 Å². The van der Waals surface area contributed by atoms with Gasteiger partial charge in [0.25, 0.3) is 0 Å². The lowest BCUT2D eigenvalue weighted by Crippen LogP contribution is -2.14. The SMILES string of the molecule is CC1(C)c2ccccc2-c2c1ccc1c2c2ccccc2n1-c1ccc2oc3cccc(-c4nc(-c5ccccc5)cc(-c5ccccc5)n4)c3c2c1. The standard InChI is InChI=1S/C49H33N3O/c1-49(2)37-21-11-9-18-33(37)46-38(49)25-26-42-47(46)34-19-10-12-22-41(34)52(42)32-24-27-43-36(28-32)45-35(20-13-23-44(45)53-43)48-50-39(30-14-5-3-6-15-30)29-40(51-48)31-16-7-4-8-17-31/h3-29H,1-2H3. The number of fused-ring (bicyclic) bond motifs is 10. The summed E-state index contributed by atoms with van der Waals surface area (Å²) in [5.74, 6) is 0.664. The Hall–Kier alpha value is -6.78. The van der Waals surface area contributed by atoms with E-state index in [0.717, 1.165) is 55.7 Å². The van der Waals surface area contributed by atoms with E-state index >= 15 is 0 Å². The van der Waals surface area contributed by atoms with Crippen LogP contribution in [0.1, 0.15) is 25.0 Å². The van der Waals surface area contributed by atoms with Gasteiger partial charge in [0.05, 0.1) is 22.4 Å². The number of benzene rings is 7. The molecule has 4 nitrogen and oxygen atoms in total. The van der Waals surface area contributed by atoms with E-state index in [0.29, 0.717) is 5.82 Å². The Labute approximate surface area is 306 Å². The van der Waals surface area contributed by atoms with Crippen molar-refractivity contribution in [3.63, 3.8) is 0 Å². The molecule has 0 saturated heterocycles. The van der Waals surface area contributed by atoms with Crippen molar-refractivity contribution < 1.29 is 4.42 Å². The third kappa shape index (κ3) is 4.36. The van der Waals surface area contributed by atoms with Gasteiger partial charge in [-0.15, -0.1) is 0 Å². The van der Waals surface area contributed by atoms with Crippen LogP contribution in [0.3, 0.4) is 0 Å². The second-order valence-electron chi connectivity index (χ2n) is 14.6. The summed E-state index contributed by atoms with van der Waals surface area (Å²) in [5, 5.41) is 4.59. The molecule has 0 amide bonds. The fraction of sp³-hybridized carbons (Fsp3) is 0.0612. The quantitative estimate of drug-likeness (QED) is 0.186. The molecule has 0 radical (unpaired) electrons. The highest BCUT2D eigenvalue weighted by Crippen LogP contribution is 2.53. The summed E-state index contributed by atoms with van der Waals surface area (Å²) in [5.41, 5.74) is 15.2. The van der Waals surface area contributed by atoms with E-state index < -0.39 is 0 Å². The van der Waals surface area contributed by atoms with Crippen LogP contribution in [-0.2, 0) is 5.41 Å². The molecule has 250 valence electrons. The Morgan fingerprint density at radius 2 is 1.17 bits per heavy atom. The van der Waals surface area contributed by atoms with E-state index in [9.17, 15) is 0 Å². The molecular formula is C49H33N3O. The van der Waals surface area contributed by atoms with E-state index in [4.69, 9.17) is 14.4 Å². The minimum Gasteiger partial charge on any atom is -0.456 e. The van der Waals surface area contributed by atoms with Gasteiger partial charge in [0.2, 0.25) is 0 Å². The van der Waals surface area contributed by atoms with Gasteiger partial charge in [-0.1, -0.05) is 135 Å². The van der Waals surface area contributed by atoms with Gasteiger partial charge in [0, 0.05) is 49.3 Å². The first-order valence-electron chi connectivity index (χ1n) is 18.2. The van der Waals surface area contributed by atoms with Crippen molar-refractivity contribution in [3.8, 4) is 50.7 Å². The van der Waals surface area contributed by atoms with Crippen molar-refractivity contribution >= 4 is 43.7 Å². The van der Waals surface area contributed by atoms with Crippen LogP contribution in [0.4, 0.5) is 0 Å².